The Morgan fingerprint density at radius 1 is 0.850 bits per heavy atom. The lowest BCUT2D eigenvalue weighted by atomic mass is 10.0. The molecule has 0 saturated carbocycles. The zero-order valence-corrected chi connectivity index (χ0v) is 22.0. The first kappa shape index (κ1) is 26.5. The largest absolute Gasteiger partial charge is 0.497 e. The fourth-order valence-corrected chi connectivity index (χ4v) is 4.46. The molecule has 1 atom stereocenters. The van der Waals surface area contributed by atoms with Crippen molar-refractivity contribution < 1.29 is 28.2 Å². The predicted octanol–water partition coefficient (Wildman–Crippen LogP) is 5.71. The van der Waals surface area contributed by atoms with Crippen molar-refractivity contribution in [3.05, 3.63) is 118 Å². The van der Waals surface area contributed by atoms with Crippen molar-refractivity contribution in [2.45, 2.75) is 26.0 Å². The minimum atomic E-state index is -1.03. The fraction of sp³-hybridized carbons (Fsp3) is 0.156. The Morgan fingerprint density at radius 3 is 2.23 bits per heavy atom. The monoisotopic (exact) mass is 537 g/mol. The second-order valence-corrected chi connectivity index (χ2v) is 9.24. The van der Waals surface area contributed by atoms with Crippen LogP contribution in [0.2, 0.25) is 0 Å². The third-order valence-electron chi connectivity index (χ3n) is 6.57. The molecule has 1 unspecified atom stereocenters. The summed E-state index contributed by atoms with van der Waals surface area (Å²) >= 11 is 0. The molecule has 0 aliphatic carbocycles. The van der Waals surface area contributed by atoms with Gasteiger partial charge in [0, 0.05) is 22.8 Å². The highest BCUT2D eigenvalue weighted by molar-refractivity contribution is 6.06. The first-order valence-electron chi connectivity index (χ1n) is 12.7. The number of rotatable bonds is 8. The molecule has 202 valence electrons. The van der Waals surface area contributed by atoms with Gasteiger partial charge in [0.1, 0.15) is 29.7 Å². The van der Waals surface area contributed by atoms with Crippen LogP contribution in [0.1, 0.15) is 16.7 Å². The summed E-state index contributed by atoms with van der Waals surface area (Å²) in [6.07, 6.45) is -0.557. The molecule has 4 aromatic carbocycles. The van der Waals surface area contributed by atoms with Crippen molar-refractivity contribution in [1.82, 2.24) is 5.32 Å². The van der Waals surface area contributed by atoms with E-state index in [4.69, 9.17) is 18.6 Å². The van der Waals surface area contributed by atoms with Crippen molar-refractivity contribution in [3.8, 4) is 11.5 Å². The maximum Gasteiger partial charge on any atom is 0.408 e. The molecule has 0 aliphatic rings. The van der Waals surface area contributed by atoms with Gasteiger partial charge in [-0.3, -0.25) is 0 Å². The number of alkyl carbamates (subject to hydrolysis) is 1. The van der Waals surface area contributed by atoms with Crippen LogP contribution in [0.15, 0.2) is 100 Å². The number of esters is 1. The SMILES string of the molecule is COc1ccc2c(c1)c(=O)oc1c(C)c(OC(=O)C(Cc3ccccc3)NC(=O)OCc3ccccc3)ccc12. The number of hydrogen-bond acceptors (Lipinski definition) is 7. The van der Waals surface area contributed by atoms with Gasteiger partial charge in [-0.25, -0.2) is 14.4 Å². The van der Waals surface area contributed by atoms with Crippen LogP contribution in [0.3, 0.4) is 0 Å². The number of carbonyl (C=O) groups is 2. The van der Waals surface area contributed by atoms with Gasteiger partial charge >= 0.3 is 17.7 Å². The van der Waals surface area contributed by atoms with Gasteiger partial charge in [-0.05, 0) is 48.4 Å². The summed E-state index contributed by atoms with van der Waals surface area (Å²) in [6.45, 7) is 1.76. The van der Waals surface area contributed by atoms with Gasteiger partial charge < -0.3 is 23.9 Å². The van der Waals surface area contributed by atoms with Crippen molar-refractivity contribution in [1.29, 1.82) is 0 Å². The van der Waals surface area contributed by atoms with E-state index in [0.29, 0.717) is 33.1 Å². The van der Waals surface area contributed by atoms with Crippen LogP contribution in [0, 0.1) is 6.92 Å². The maximum atomic E-state index is 13.4. The average Bonchev–Trinajstić information content (AvgIpc) is 2.98. The summed E-state index contributed by atoms with van der Waals surface area (Å²) < 4.78 is 21.9. The smallest absolute Gasteiger partial charge is 0.408 e. The van der Waals surface area contributed by atoms with E-state index in [1.165, 1.54) is 7.11 Å². The van der Waals surface area contributed by atoms with E-state index >= 15 is 0 Å². The molecule has 0 spiro atoms. The second kappa shape index (κ2) is 11.7. The molecule has 1 heterocycles. The second-order valence-electron chi connectivity index (χ2n) is 9.24. The lowest BCUT2D eigenvalue weighted by molar-refractivity contribution is -0.136. The van der Waals surface area contributed by atoms with E-state index in [-0.39, 0.29) is 18.8 Å². The molecule has 8 heteroatoms. The van der Waals surface area contributed by atoms with Crippen LogP contribution >= 0.6 is 0 Å². The molecular weight excluding hydrogens is 510 g/mol. The highest BCUT2D eigenvalue weighted by atomic mass is 16.6. The third kappa shape index (κ3) is 5.81. The number of methoxy groups -OCH3 is 1. The van der Waals surface area contributed by atoms with E-state index in [9.17, 15) is 14.4 Å². The van der Waals surface area contributed by atoms with E-state index in [2.05, 4.69) is 5.32 Å². The standard InChI is InChI=1S/C32H27NO7/c1-20-28(16-15-25-24-14-13-23(37-2)18-26(24)30(34)40-29(20)25)39-31(35)27(17-21-9-5-3-6-10-21)33-32(36)38-19-22-11-7-4-8-12-22/h3-16,18,27H,17,19H2,1-2H3,(H,33,36). The Bertz CT molecular complexity index is 1730. The predicted molar refractivity (Wildman–Crippen MR) is 151 cm³/mol. The van der Waals surface area contributed by atoms with Crippen molar-refractivity contribution in [2.75, 3.05) is 7.11 Å². The van der Waals surface area contributed by atoms with E-state index in [0.717, 1.165) is 11.1 Å². The Balaban J connectivity index is 1.40. The van der Waals surface area contributed by atoms with Crippen LogP contribution in [0.4, 0.5) is 4.79 Å². The molecule has 0 bridgehead atoms. The zero-order chi connectivity index (χ0) is 28.1. The Hall–Kier alpha value is -5.11. The van der Waals surface area contributed by atoms with E-state index < -0.39 is 23.7 Å². The topological polar surface area (TPSA) is 104 Å². The highest BCUT2D eigenvalue weighted by Crippen LogP contribution is 2.32. The first-order valence-corrected chi connectivity index (χ1v) is 12.7. The summed E-state index contributed by atoms with van der Waals surface area (Å²) in [5.41, 5.74) is 1.90. The van der Waals surface area contributed by atoms with Crippen molar-refractivity contribution >= 4 is 33.8 Å². The summed E-state index contributed by atoms with van der Waals surface area (Å²) in [5.74, 6) is 0.0718. The number of nitrogens with one attached hydrogen (secondary N) is 1. The molecule has 1 N–H and O–H groups in total. The summed E-state index contributed by atoms with van der Waals surface area (Å²) in [5, 5.41) is 4.41. The number of amides is 1. The van der Waals surface area contributed by atoms with Gasteiger partial charge in [0.25, 0.3) is 0 Å². The van der Waals surface area contributed by atoms with E-state index in [1.807, 2.05) is 60.7 Å². The van der Waals surface area contributed by atoms with Gasteiger partial charge in [0.15, 0.2) is 0 Å². The number of benzene rings is 4. The van der Waals surface area contributed by atoms with Crippen LogP contribution in [0.5, 0.6) is 11.5 Å². The molecule has 1 aromatic heterocycles. The van der Waals surface area contributed by atoms with Crippen LogP contribution in [0.25, 0.3) is 21.7 Å². The van der Waals surface area contributed by atoms with Crippen LogP contribution in [-0.4, -0.2) is 25.2 Å². The molecule has 0 fully saturated rings. The molecule has 0 saturated heterocycles. The summed E-state index contributed by atoms with van der Waals surface area (Å²) in [7, 11) is 1.53. The maximum absolute atomic E-state index is 13.4. The summed E-state index contributed by atoms with van der Waals surface area (Å²) in [6, 6.07) is 26.0. The van der Waals surface area contributed by atoms with Crippen LogP contribution < -0.4 is 20.4 Å². The summed E-state index contributed by atoms with van der Waals surface area (Å²) in [4.78, 5) is 38.7. The highest BCUT2D eigenvalue weighted by Gasteiger charge is 2.25. The third-order valence-corrected chi connectivity index (χ3v) is 6.57. The van der Waals surface area contributed by atoms with Crippen LogP contribution in [-0.2, 0) is 22.6 Å². The zero-order valence-electron chi connectivity index (χ0n) is 22.0. The first-order chi connectivity index (χ1) is 19.4. The van der Waals surface area contributed by atoms with E-state index in [1.54, 1.807) is 37.3 Å². The Labute approximate surface area is 230 Å². The van der Waals surface area contributed by atoms with Gasteiger partial charge in [-0.1, -0.05) is 60.7 Å². The molecular formula is C32H27NO7. The minimum absolute atomic E-state index is 0.0580. The number of aryl methyl sites for hydroxylation is 1. The fourth-order valence-electron chi connectivity index (χ4n) is 4.46. The normalized spacial score (nSPS) is 11.7. The number of hydrogen-bond donors (Lipinski definition) is 1. The molecule has 5 rings (SSSR count). The quantitative estimate of drug-likeness (QED) is 0.117. The van der Waals surface area contributed by atoms with Gasteiger partial charge in [-0.15, -0.1) is 0 Å². The van der Waals surface area contributed by atoms with Gasteiger partial charge in [0.05, 0.1) is 12.5 Å². The average molecular weight is 538 g/mol. The molecule has 5 aromatic rings. The molecule has 0 aliphatic heterocycles. The van der Waals surface area contributed by atoms with Crippen molar-refractivity contribution in [2.24, 2.45) is 0 Å². The van der Waals surface area contributed by atoms with Gasteiger partial charge in [0.2, 0.25) is 0 Å². The van der Waals surface area contributed by atoms with Crippen molar-refractivity contribution in [3.63, 3.8) is 0 Å². The Kier molecular flexibility index (Phi) is 7.77. The molecule has 40 heavy (non-hydrogen) atoms. The number of ether oxygens (including phenoxy) is 3. The lowest BCUT2D eigenvalue weighted by Crippen LogP contribution is -2.44. The molecule has 1 amide bonds. The lowest BCUT2D eigenvalue weighted by Gasteiger charge is -2.19. The number of fused-ring (bicyclic) bond motifs is 3. The molecule has 8 nitrogen and oxygen atoms in total. The molecule has 0 radical (unpaired) electrons. The Morgan fingerprint density at radius 2 is 1.52 bits per heavy atom. The van der Waals surface area contributed by atoms with Gasteiger partial charge in [-0.2, -0.15) is 0 Å². The minimum Gasteiger partial charge on any atom is -0.497 e. The number of carbonyl (C=O) groups excluding carboxylic acids is 2.